The van der Waals surface area contributed by atoms with E-state index < -0.39 is 0 Å². The van der Waals surface area contributed by atoms with Gasteiger partial charge < -0.3 is 5.11 Å². The Kier molecular flexibility index (Phi) is 3.21. The van der Waals surface area contributed by atoms with Gasteiger partial charge in [-0.2, -0.15) is 0 Å². The SMILES string of the molecule is Cc1cc(C)c(-c2c(-c3c(C)cc(O)cc3C)c2=O)c(C)c1. The summed E-state index contributed by atoms with van der Waals surface area (Å²) in [6.07, 6.45) is 0. The summed E-state index contributed by atoms with van der Waals surface area (Å²) in [5.74, 6) is 0.247. The maximum Gasteiger partial charge on any atom is 0.195 e. The topological polar surface area (TPSA) is 37.3 Å². The fraction of sp³-hybridized carbons (Fsp3) is 0.250. The molecule has 2 nitrogen and oxygen atoms in total. The van der Waals surface area contributed by atoms with Crippen LogP contribution in [0.5, 0.6) is 5.75 Å². The van der Waals surface area contributed by atoms with Crippen LogP contribution in [0.4, 0.5) is 0 Å². The molecule has 0 saturated heterocycles. The number of aryl methyl sites for hydroxylation is 5. The van der Waals surface area contributed by atoms with E-state index in [0.29, 0.717) is 0 Å². The molecule has 0 aliphatic rings. The molecule has 0 aromatic heterocycles. The van der Waals surface area contributed by atoms with Crippen LogP contribution in [0.2, 0.25) is 0 Å². The van der Waals surface area contributed by atoms with E-state index in [0.717, 1.165) is 44.5 Å². The number of phenolic OH excluding ortho intramolecular Hbond substituents is 1. The Hall–Kier alpha value is -2.35. The first kappa shape index (κ1) is 14.6. The number of phenols is 1. The molecule has 1 N–H and O–H groups in total. The van der Waals surface area contributed by atoms with Gasteiger partial charge in [0.1, 0.15) is 5.75 Å². The Bertz CT molecular complexity index is 787. The van der Waals surface area contributed by atoms with Crippen molar-refractivity contribution in [3.63, 3.8) is 0 Å². The Morgan fingerprint density at radius 3 is 1.41 bits per heavy atom. The molecule has 0 unspecified atom stereocenters. The van der Waals surface area contributed by atoms with Crippen molar-refractivity contribution in [3.8, 4) is 28.0 Å². The molecule has 0 amide bonds. The van der Waals surface area contributed by atoms with Crippen molar-refractivity contribution in [3.05, 3.63) is 62.3 Å². The van der Waals surface area contributed by atoms with Gasteiger partial charge >= 0.3 is 0 Å². The van der Waals surface area contributed by atoms with Gasteiger partial charge in [-0.15, -0.1) is 0 Å². The maximum atomic E-state index is 12.5. The summed E-state index contributed by atoms with van der Waals surface area (Å²) in [7, 11) is 0. The van der Waals surface area contributed by atoms with Crippen LogP contribution in [0.15, 0.2) is 29.1 Å². The van der Waals surface area contributed by atoms with Crippen molar-refractivity contribution in [2.75, 3.05) is 0 Å². The largest absolute Gasteiger partial charge is 0.508 e. The predicted octanol–water partition coefficient (Wildman–Crippen LogP) is 4.50. The van der Waals surface area contributed by atoms with Crippen LogP contribution in [0, 0.1) is 34.6 Å². The molecule has 2 heteroatoms. The van der Waals surface area contributed by atoms with Crippen LogP contribution in [0.25, 0.3) is 22.3 Å². The molecule has 0 fully saturated rings. The average Bonchev–Trinajstić information content (AvgIpc) is 2.98. The molecular formula is C20H20O2. The van der Waals surface area contributed by atoms with Crippen molar-refractivity contribution in [1.29, 1.82) is 0 Å². The lowest BCUT2D eigenvalue weighted by molar-refractivity contribution is 0.474. The second-order valence-electron chi connectivity index (χ2n) is 6.31. The van der Waals surface area contributed by atoms with Crippen LogP contribution < -0.4 is 5.43 Å². The summed E-state index contributed by atoms with van der Waals surface area (Å²) in [6.45, 7) is 10.1. The summed E-state index contributed by atoms with van der Waals surface area (Å²) in [5.41, 5.74) is 9.20. The molecule has 0 bridgehead atoms. The Labute approximate surface area is 130 Å². The van der Waals surface area contributed by atoms with Crippen LogP contribution in [-0.2, 0) is 0 Å². The van der Waals surface area contributed by atoms with Gasteiger partial charge in [0.25, 0.3) is 0 Å². The maximum absolute atomic E-state index is 12.5. The minimum atomic E-state index is 0.131. The Morgan fingerprint density at radius 2 is 1.00 bits per heavy atom. The lowest BCUT2D eigenvalue weighted by atomic mass is 9.95. The molecule has 3 aromatic rings. The second-order valence-corrected chi connectivity index (χ2v) is 6.31. The molecule has 0 atom stereocenters. The van der Waals surface area contributed by atoms with E-state index >= 15 is 0 Å². The summed E-state index contributed by atoms with van der Waals surface area (Å²) in [5, 5.41) is 9.69. The number of hydrogen-bond donors (Lipinski definition) is 1. The van der Waals surface area contributed by atoms with E-state index in [4.69, 9.17) is 0 Å². The van der Waals surface area contributed by atoms with E-state index in [9.17, 15) is 9.90 Å². The van der Waals surface area contributed by atoms with Gasteiger partial charge in [0.05, 0.1) is 0 Å². The predicted molar refractivity (Wildman–Crippen MR) is 91.3 cm³/mol. The van der Waals surface area contributed by atoms with Gasteiger partial charge in [0.2, 0.25) is 0 Å². The van der Waals surface area contributed by atoms with Gasteiger partial charge in [0, 0.05) is 11.1 Å². The smallest absolute Gasteiger partial charge is 0.195 e. The monoisotopic (exact) mass is 292 g/mol. The fourth-order valence-corrected chi connectivity index (χ4v) is 3.56. The van der Waals surface area contributed by atoms with E-state index in [1.54, 1.807) is 12.1 Å². The van der Waals surface area contributed by atoms with Crippen LogP contribution >= 0.6 is 0 Å². The normalized spacial score (nSPS) is 11.3. The number of benzene rings is 2. The summed E-state index contributed by atoms with van der Waals surface area (Å²) < 4.78 is 0. The van der Waals surface area contributed by atoms with Crippen molar-refractivity contribution >= 4 is 0 Å². The minimum Gasteiger partial charge on any atom is -0.508 e. The van der Waals surface area contributed by atoms with Crippen molar-refractivity contribution in [1.82, 2.24) is 0 Å². The number of hydrogen-bond acceptors (Lipinski definition) is 2. The van der Waals surface area contributed by atoms with Gasteiger partial charge in [-0.25, -0.2) is 0 Å². The minimum absolute atomic E-state index is 0.131. The quantitative estimate of drug-likeness (QED) is 0.755. The molecule has 22 heavy (non-hydrogen) atoms. The highest BCUT2D eigenvalue weighted by Crippen LogP contribution is 2.41. The van der Waals surface area contributed by atoms with E-state index in [1.165, 1.54) is 5.56 Å². The molecule has 0 radical (unpaired) electrons. The van der Waals surface area contributed by atoms with Crippen LogP contribution in [-0.4, -0.2) is 5.11 Å². The fourth-order valence-electron chi connectivity index (χ4n) is 3.56. The first-order chi connectivity index (χ1) is 10.3. The molecule has 112 valence electrons. The molecule has 0 aliphatic heterocycles. The molecular weight excluding hydrogens is 272 g/mol. The molecule has 3 aromatic carbocycles. The van der Waals surface area contributed by atoms with Crippen molar-refractivity contribution in [2.24, 2.45) is 0 Å². The van der Waals surface area contributed by atoms with E-state index in [1.807, 2.05) is 13.8 Å². The van der Waals surface area contributed by atoms with Gasteiger partial charge in [0.15, 0.2) is 5.43 Å². The second kappa shape index (κ2) is 4.84. The Morgan fingerprint density at radius 1 is 0.636 bits per heavy atom. The highest BCUT2D eigenvalue weighted by molar-refractivity contribution is 5.98. The van der Waals surface area contributed by atoms with Crippen molar-refractivity contribution < 1.29 is 5.11 Å². The molecule has 0 saturated carbocycles. The number of aromatic hydroxyl groups is 1. The summed E-state index contributed by atoms with van der Waals surface area (Å²) in [6, 6.07) is 7.67. The zero-order chi connectivity index (χ0) is 16.2. The zero-order valence-corrected chi connectivity index (χ0v) is 13.7. The molecule has 0 heterocycles. The third-order valence-corrected chi connectivity index (χ3v) is 4.34. The zero-order valence-electron chi connectivity index (χ0n) is 13.7. The lowest BCUT2D eigenvalue weighted by Crippen LogP contribution is -1.88. The van der Waals surface area contributed by atoms with E-state index in [2.05, 4.69) is 32.9 Å². The molecule has 3 rings (SSSR count). The van der Waals surface area contributed by atoms with Crippen LogP contribution in [0.1, 0.15) is 27.8 Å². The third-order valence-electron chi connectivity index (χ3n) is 4.34. The lowest BCUT2D eigenvalue weighted by Gasteiger charge is -2.09. The number of rotatable bonds is 2. The Balaban J connectivity index is 2.20. The van der Waals surface area contributed by atoms with Gasteiger partial charge in [-0.3, -0.25) is 4.79 Å². The first-order valence-electron chi connectivity index (χ1n) is 7.49. The summed E-state index contributed by atoms with van der Waals surface area (Å²) >= 11 is 0. The standard InChI is InChI=1S/C20H20O2/c1-10-6-11(2)16(12(3)7-10)18-19(20(18)22)17-13(4)8-15(21)9-14(17)5/h6-9,21H,1-5H3. The first-order valence-corrected chi connectivity index (χ1v) is 7.49. The highest BCUT2D eigenvalue weighted by atomic mass is 16.3. The van der Waals surface area contributed by atoms with E-state index in [-0.39, 0.29) is 11.2 Å². The van der Waals surface area contributed by atoms with Crippen LogP contribution in [0.3, 0.4) is 0 Å². The van der Waals surface area contributed by atoms with Gasteiger partial charge in [-0.1, -0.05) is 17.7 Å². The molecule has 0 aliphatic carbocycles. The molecule has 0 spiro atoms. The highest BCUT2D eigenvalue weighted by Gasteiger charge is 2.29. The van der Waals surface area contributed by atoms with Gasteiger partial charge in [-0.05, 0) is 80.1 Å². The average molecular weight is 292 g/mol. The third kappa shape index (κ3) is 2.16. The summed E-state index contributed by atoms with van der Waals surface area (Å²) in [4.78, 5) is 12.5. The van der Waals surface area contributed by atoms with Crippen molar-refractivity contribution in [2.45, 2.75) is 34.6 Å².